The molecule has 0 saturated carbocycles. The molecule has 14 heavy (non-hydrogen) atoms. The van der Waals surface area contributed by atoms with Crippen molar-refractivity contribution in [3.8, 4) is 0 Å². The molecule has 0 aliphatic heterocycles. The summed E-state index contributed by atoms with van der Waals surface area (Å²) in [6.45, 7) is 4.91. The van der Waals surface area contributed by atoms with Gasteiger partial charge in [-0.2, -0.15) is 11.8 Å². The van der Waals surface area contributed by atoms with E-state index < -0.39 is 0 Å². The van der Waals surface area contributed by atoms with Gasteiger partial charge in [0.15, 0.2) is 0 Å². The summed E-state index contributed by atoms with van der Waals surface area (Å²) in [4.78, 5) is 0. The van der Waals surface area contributed by atoms with Crippen molar-refractivity contribution in [3.63, 3.8) is 0 Å². The van der Waals surface area contributed by atoms with Crippen LogP contribution in [0.2, 0.25) is 0 Å². The SMILES string of the molecule is CCn1cnnc1CNCCCSC. The Labute approximate surface area is 89.5 Å². The van der Waals surface area contributed by atoms with E-state index in [0.29, 0.717) is 0 Å². The molecule has 0 unspecified atom stereocenters. The number of rotatable bonds is 7. The largest absolute Gasteiger partial charge is 0.317 e. The number of aromatic nitrogens is 3. The average molecular weight is 214 g/mol. The molecule has 0 aliphatic rings. The maximum atomic E-state index is 4.05. The summed E-state index contributed by atoms with van der Waals surface area (Å²) in [6.07, 6.45) is 5.12. The van der Waals surface area contributed by atoms with Crippen molar-refractivity contribution in [1.82, 2.24) is 20.1 Å². The van der Waals surface area contributed by atoms with Crippen LogP contribution in [0.3, 0.4) is 0 Å². The van der Waals surface area contributed by atoms with E-state index in [9.17, 15) is 0 Å². The number of nitrogens with one attached hydrogen (secondary N) is 1. The van der Waals surface area contributed by atoms with Crippen molar-refractivity contribution < 1.29 is 0 Å². The topological polar surface area (TPSA) is 42.7 Å². The van der Waals surface area contributed by atoms with Crippen molar-refractivity contribution in [3.05, 3.63) is 12.2 Å². The zero-order valence-electron chi connectivity index (χ0n) is 8.86. The summed E-state index contributed by atoms with van der Waals surface area (Å²) in [5.74, 6) is 2.24. The lowest BCUT2D eigenvalue weighted by Gasteiger charge is -2.04. The molecular formula is C9H18N4S. The predicted octanol–water partition coefficient (Wildman–Crippen LogP) is 1.14. The molecule has 0 amide bonds. The van der Waals surface area contributed by atoms with Crippen molar-refractivity contribution in [2.24, 2.45) is 0 Å². The lowest BCUT2D eigenvalue weighted by molar-refractivity contribution is 0.609. The highest BCUT2D eigenvalue weighted by Crippen LogP contribution is 1.96. The molecule has 1 N–H and O–H groups in total. The molecule has 0 saturated heterocycles. The van der Waals surface area contributed by atoms with Gasteiger partial charge >= 0.3 is 0 Å². The maximum absolute atomic E-state index is 4.05. The molecule has 5 heteroatoms. The molecule has 0 fully saturated rings. The quantitative estimate of drug-likeness (QED) is 0.691. The van der Waals surface area contributed by atoms with Gasteiger partial charge in [0.05, 0.1) is 6.54 Å². The Balaban J connectivity index is 2.17. The van der Waals surface area contributed by atoms with Crippen LogP contribution in [0.5, 0.6) is 0 Å². The highest BCUT2D eigenvalue weighted by molar-refractivity contribution is 7.98. The number of hydrogen-bond acceptors (Lipinski definition) is 4. The lowest BCUT2D eigenvalue weighted by Crippen LogP contribution is -2.18. The van der Waals surface area contributed by atoms with E-state index in [0.717, 1.165) is 25.5 Å². The van der Waals surface area contributed by atoms with E-state index in [1.54, 1.807) is 6.33 Å². The third kappa shape index (κ3) is 3.67. The van der Waals surface area contributed by atoms with E-state index in [2.05, 4.69) is 33.3 Å². The van der Waals surface area contributed by atoms with Crippen LogP contribution in [-0.2, 0) is 13.1 Å². The Morgan fingerprint density at radius 2 is 2.43 bits per heavy atom. The molecule has 1 aromatic rings. The summed E-state index contributed by atoms with van der Waals surface area (Å²) in [7, 11) is 0. The van der Waals surface area contributed by atoms with Gasteiger partial charge in [-0.25, -0.2) is 0 Å². The summed E-state index contributed by atoms with van der Waals surface area (Å²) in [6, 6.07) is 0. The third-order valence-corrected chi connectivity index (χ3v) is 2.72. The predicted molar refractivity (Wildman–Crippen MR) is 60.4 cm³/mol. The second kappa shape index (κ2) is 6.84. The van der Waals surface area contributed by atoms with Crippen LogP contribution in [0.15, 0.2) is 6.33 Å². The van der Waals surface area contributed by atoms with Gasteiger partial charge in [0.1, 0.15) is 12.2 Å². The van der Waals surface area contributed by atoms with Crippen LogP contribution in [0, 0.1) is 0 Å². The van der Waals surface area contributed by atoms with Crippen LogP contribution in [-0.4, -0.2) is 33.3 Å². The van der Waals surface area contributed by atoms with Crippen LogP contribution >= 0.6 is 11.8 Å². The highest BCUT2D eigenvalue weighted by atomic mass is 32.2. The molecule has 0 aliphatic carbocycles. The van der Waals surface area contributed by atoms with Crippen molar-refractivity contribution in [2.45, 2.75) is 26.4 Å². The molecule has 1 heterocycles. The van der Waals surface area contributed by atoms with Gasteiger partial charge in [0.25, 0.3) is 0 Å². The summed E-state index contributed by atoms with van der Waals surface area (Å²) < 4.78 is 2.06. The second-order valence-electron chi connectivity index (χ2n) is 3.06. The fourth-order valence-electron chi connectivity index (χ4n) is 1.22. The smallest absolute Gasteiger partial charge is 0.146 e. The molecule has 0 radical (unpaired) electrons. The highest BCUT2D eigenvalue weighted by Gasteiger charge is 2.00. The molecule has 1 rings (SSSR count). The maximum Gasteiger partial charge on any atom is 0.146 e. The number of aryl methyl sites for hydroxylation is 1. The molecule has 80 valence electrons. The van der Waals surface area contributed by atoms with Crippen molar-refractivity contribution >= 4 is 11.8 Å². The summed E-state index contributed by atoms with van der Waals surface area (Å²) in [5, 5.41) is 11.3. The molecule has 0 aromatic carbocycles. The third-order valence-electron chi connectivity index (χ3n) is 2.02. The Kier molecular flexibility index (Phi) is 5.63. The van der Waals surface area contributed by atoms with Gasteiger partial charge in [-0.1, -0.05) is 0 Å². The van der Waals surface area contributed by atoms with Crippen LogP contribution in [0.1, 0.15) is 19.2 Å². The monoisotopic (exact) mass is 214 g/mol. The first kappa shape index (κ1) is 11.5. The number of hydrogen-bond donors (Lipinski definition) is 1. The van der Waals surface area contributed by atoms with Gasteiger partial charge < -0.3 is 9.88 Å². The zero-order chi connectivity index (χ0) is 10.2. The minimum Gasteiger partial charge on any atom is -0.317 e. The molecular weight excluding hydrogens is 196 g/mol. The zero-order valence-corrected chi connectivity index (χ0v) is 9.68. The normalized spacial score (nSPS) is 10.7. The Hall–Kier alpha value is -0.550. The standard InChI is InChI=1S/C9H18N4S/c1-3-13-8-11-12-9(13)7-10-5-4-6-14-2/h8,10H,3-7H2,1-2H3. The fraction of sp³-hybridized carbons (Fsp3) is 0.778. The lowest BCUT2D eigenvalue weighted by atomic mass is 10.4. The first-order valence-corrected chi connectivity index (χ1v) is 6.34. The summed E-state index contributed by atoms with van der Waals surface area (Å²) >= 11 is 1.88. The van der Waals surface area contributed by atoms with Gasteiger partial charge in [0, 0.05) is 6.54 Å². The van der Waals surface area contributed by atoms with Gasteiger partial charge in [0.2, 0.25) is 0 Å². The van der Waals surface area contributed by atoms with Crippen LogP contribution < -0.4 is 5.32 Å². The minimum atomic E-state index is 0.822. The van der Waals surface area contributed by atoms with E-state index in [-0.39, 0.29) is 0 Å². The Morgan fingerprint density at radius 3 is 3.14 bits per heavy atom. The summed E-state index contributed by atoms with van der Waals surface area (Å²) in [5.41, 5.74) is 0. The fourth-order valence-corrected chi connectivity index (χ4v) is 1.65. The van der Waals surface area contributed by atoms with Crippen LogP contribution in [0.25, 0.3) is 0 Å². The van der Waals surface area contributed by atoms with Gasteiger partial charge in [-0.3, -0.25) is 0 Å². The molecule has 4 nitrogen and oxygen atoms in total. The van der Waals surface area contributed by atoms with E-state index in [1.807, 2.05) is 11.8 Å². The molecule has 0 bridgehead atoms. The van der Waals surface area contributed by atoms with Crippen molar-refractivity contribution in [1.29, 1.82) is 0 Å². The first-order valence-electron chi connectivity index (χ1n) is 4.94. The van der Waals surface area contributed by atoms with Gasteiger partial charge in [-0.05, 0) is 31.9 Å². The van der Waals surface area contributed by atoms with Crippen molar-refractivity contribution in [2.75, 3.05) is 18.6 Å². The van der Waals surface area contributed by atoms with E-state index in [1.165, 1.54) is 12.2 Å². The number of nitrogens with zero attached hydrogens (tertiary/aromatic N) is 3. The second-order valence-corrected chi connectivity index (χ2v) is 4.04. The van der Waals surface area contributed by atoms with E-state index in [4.69, 9.17) is 0 Å². The van der Waals surface area contributed by atoms with E-state index >= 15 is 0 Å². The Bertz CT molecular complexity index is 249. The molecule has 1 aromatic heterocycles. The number of thioether (sulfide) groups is 1. The first-order chi connectivity index (χ1) is 6.88. The van der Waals surface area contributed by atoms with Gasteiger partial charge in [-0.15, -0.1) is 10.2 Å². The minimum absolute atomic E-state index is 0.822. The molecule has 0 atom stereocenters. The average Bonchev–Trinajstić information content (AvgIpc) is 2.65. The van der Waals surface area contributed by atoms with Crippen LogP contribution in [0.4, 0.5) is 0 Å². The Morgan fingerprint density at radius 1 is 1.57 bits per heavy atom. The molecule has 0 spiro atoms.